The third kappa shape index (κ3) is 4.60. The number of aliphatic carboxylic acids is 1. The standard InChI is InChI=1S/C29H35NO2/c1-2-3-21-6-12-26(13-7-21)29(18-16-25(17-19-29)28(31)32)27-14-10-24(11-15-27)23-8-4-22(20-30)5-9-23/h4-5,8-11,14-15,21,25-26H,2-3,6-7,12-13,16-19H2,1H3,(H,31,32)/p-1. The van der Waals surface area contributed by atoms with Gasteiger partial charge in [0.2, 0.25) is 0 Å². The largest absolute Gasteiger partial charge is 0.550 e. The predicted octanol–water partition coefficient (Wildman–Crippen LogP) is 6.01. The molecule has 0 atom stereocenters. The Hall–Kier alpha value is -2.60. The fraction of sp³-hybridized carbons (Fsp3) is 0.517. The highest BCUT2D eigenvalue weighted by Gasteiger charge is 2.44. The molecule has 2 fully saturated rings. The Labute approximate surface area is 192 Å². The summed E-state index contributed by atoms with van der Waals surface area (Å²) < 4.78 is 0. The zero-order chi connectivity index (χ0) is 22.6. The van der Waals surface area contributed by atoms with Crippen LogP contribution in [0.2, 0.25) is 0 Å². The number of benzene rings is 2. The summed E-state index contributed by atoms with van der Waals surface area (Å²) in [4.78, 5) is 11.5. The molecule has 0 spiro atoms. The summed E-state index contributed by atoms with van der Waals surface area (Å²) in [6.45, 7) is 2.28. The molecule has 0 N–H and O–H groups in total. The molecule has 0 saturated heterocycles. The topological polar surface area (TPSA) is 63.9 Å². The summed E-state index contributed by atoms with van der Waals surface area (Å²) in [5, 5.41) is 20.5. The van der Waals surface area contributed by atoms with Crippen molar-refractivity contribution in [2.24, 2.45) is 17.8 Å². The average molecular weight is 429 g/mol. The van der Waals surface area contributed by atoms with Gasteiger partial charge in [0, 0.05) is 5.97 Å². The molecule has 0 aliphatic heterocycles. The molecule has 2 aliphatic carbocycles. The van der Waals surface area contributed by atoms with Crippen molar-refractivity contribution in [1.29, 1.82) is 5.26 Å². The molecule has 0 radical (unpaired) electrons. The van der Waals surface area contributed by atoms with Crippen LogP contribution in [-0.2, 0) is 10.2 Å². The Kier molecular flexibility index (Phi) is 6.99. The van der Waals surface area contributed by atoms with Crippen LogP contribution in [-0.4, -0.2) is 5.97 Å². The van der Waals surface area contributed by atoms with Crippen molar-refractivity contribution in [3.05, 3.63) is 59.7 Å². The lowest BCUT2D eigenvalue weighted by molar-refractivity contribution is -0.312. The lowest BCUT2D eigenvalue weighted by Crippen LogP contribution is -2.44. The molecule has 3 nitrogen and oxygen atoms in total. The van der Waals surface area contributed by atoms with E-state index in [0.717, 1.165) is 42.7 Å². The van der Waals surface area contributed by atoms with Gasteiger partial charge in [-0.05, 0) is 90.5 Å². The van der Waals surface area contributed by atoms with E-state index in [9.17, 15) is 9.90 Å². The monoisotopic (exact) mass is 428 g/mol. The van der Waals surface area contributed by atoms with Gasteiger partial charge in [-0.25, -0.2) is 0 Å². The van der Waals surface area contributed by atoms with Crippen LogP contribution in [0.1, 0.15) is 82.3 Å². The zero-order valence-corrected chi connectivity index (χ0v) is 19.2. The minimum atomic E-state index is -0.874. The van der Waals surface area contributed by atoms with Crippen LogP contribution in [0.5, 0.6) is 0 Å². The lowest BCUT2D eigenvalue weighted by Gasteiger charge is -2.49. The van der Waals surface area contributed by atoms with E-state index in [2.05, 4.69) is 37.3 Å². The quantitative estimate of drug-likeness (QED) is 0.566. The second-order valence-corrected chi connectivity index (χ2v) is 10.0. The molecule has 4 rings (SSSR count). The molecule has 2 aromatic carbocycles. The average Bonchev–Trinajstić information content (AvgIpc) is 2.85. The van der Waals surface area contributed by atoms with Crippen molar-refractivity contribution >= 4 is 5.97 Å². The summed E-state index contributed by atoms with van der Waals surface area (Å²) in [6.07, 6.45) is 11.1. The van der Waals surface area contributed by atoms with E-state index in [1.54, 1.807) is 0 Å². The smallest absolute Gasteiger partial charge is 0.0991 e. The molecular formula is C29H34NO2-. The Morgan fingerprint density at radius 2 is 1.50 bits per heavy atom. The maximum Gasteiger partial charge on any atom is 0.0991 e. The molecule has 32 heavy (non-hydrogen) atoms. The fourth-order valence-corrected chi connectivity index (χ4v) is 6.45. The van der Waals surface area contributed by atoms with Crippen molar-refractivity contribution in [2.45, 2.75) is 76.5 Å². The van der Waals surface area contributed by atoms with E-state index in [1.807, 2.05) is 24.3 Å². The van der Waals surface area contributed by atoms with Crippen LogP contribution >= 0.6 is 0 Å². The van der Waals surface area contributed by atoms with Gasteiger partial charge in [0.25, 0.3) is 0 Å². The molecule has 0 heterocycles. The Bertz CT molecular complexity index is 938. The first-order chi connectivity index (χ1) is 15.6. The fourth-order valence-electron chi connectivity index (χ4n) is 6.45. The van der Waals surface area contributed by atoms with Gasteiger partial charge in [-0.15, -0.1) is 0 Å². The lowest BCUT2D eigenvalue weighted by atomic mass is 9.56. The van der Waals surface area contributed by atoms with Crippen molar-refractivity contribution < 1.29 is 9.90 Å². The number of nitriles is 1. The Morgan fingerprint density at radius 1 is 0.938 bits per heavy atom. The SMILES string of the molecule is CCCC1CCC(C2(c3ccc(-c4ccc(C#N)cc4)cc3)CCC(C(=O)[O-])CC2)CC1. The van der Waals surface area contributed by atoms with Crippen LogP contribution in [0.25, 0.3) is 11.1 Å². The predicted molar refractivity (Wildman–Crippen MR) is 126 cm³/mol. The van der Waals surface area contributed by atoms with Gasteiger partial charge in [0.15, 0.2) is 0 Å². The molecule has 168 valence electrons. The maximum atomic E-state index is 11.5. The van der Waals surface area contributed by atoms with Gasteiger partial charge in [-0.1, -0.05) is 69.0 Å². The van der Waals surface area contributed by atoms with E-state index in [4.69, 9.17) is 5.26 Å². The normalized spacial score (nSPS) is 28.1. The molecule has 0 bridgehead atoms. The minimum Gasteiger partial charge on any atom is -0.550 e. The number of carboxylic acids is 1. The minimum absolute atomic E-state index is 0.0896. The first-order valence-corrected chi connectivity index (χ1v) is 12.4. The van der Waals surface area contributed by atoms with Gasteiger partial charge >= 0.3 is 0 Å². The van der Waals surface area contributed by atoms with Crippen LogP contribution in [0.3, 0.4) is 0 Å². The molecule has 2 aromatic rings. The van der Waals surface area contributed by atoms with Crippen molar-refractivity contribution in [3.8, 4) is 17.2 Å². The van der Waals surface area contributed by atoms with E-state index >= 15 is 0 Å². The number of rotatable bonds is 6. The summed E-state index contributed by atoms with van der Waals surface area (Å²) in [7, 11) is 0. The zero-order valence-electron chi connectivity index (χ0n) is 19.2. The van der Waals surface area contributed by atoms with Crippen LogP contribution in [0.15, 0.2) is 48.5 Å². The number of nitrogens with zero attached hydrogens (tertiary/aromatic N) is 1. The van der Waals surface area contributed by atoms with Crippen molar-refractivity contribution in [3.63, 3.8) is 0 Å². The number of carbonyl (C=O) groups is 1. The van der Waals surface area contributed by atoms with Gasteiger partial charge < -0.3 is 9.90 Å². The molecular weight excluding hydrogens is 394 g/mol. The molecule has 0 amide bonds. The first kappa shape index (κ1) is 22.6. The number of carboxylic acid groups (broad SMARTS) is 1. The van der Waals surface area contributed by atoms with Gasteiger partial charge in [0.1, 0.15) is 0 Å². The van der Waals surface area contributed by atoms with Gasteiger partial charge in [-0.3, -0.25) is 0 Å². The number of hydrogen-bond donors (Lipinski definition) is 0. The van der Waals surface area contributed by atoms with Crippen molar-refractivity contribution in [1.82, 2.24) is 0 Å². The molecule has 2 saturated carbocycles. The Balaban J connectivity index is 1.58. The molecule has 2 aliphatic rings. The van der Waals surface area contributed by atoms with Crippen LogP contribution in [0, 0.1) is 29.1 Å². The highest BCUT2D eigenvalue weighted by molar-refractivity contribution is 5.68. The van der Waals surface area contributed by atoms with E-state index in [-0.39, 0.29) is 11.3 Å². The molecule has 0 aromatic heterocycles. The summed E-state index contributed by atoms with van der Waals surface area (Å²) >= 11 is 0. The maximum absolute atomic E-state index is 11.5. The summed E-state index contributed by atoms with van der Waals surface area (Å²) in [5.41, 5.74) is 4.42. The third-order valence-corrected chi connectivity index (χ3v) is 8.34. The second-order valence-electron chi connectivity index (χ2n) is 10.0. The van der Waals surface area contributed by atoms with E-state index in [0.29, 0.717) is 11.5 Å². The highest BCUT2D eigenvalue weighted by Crippen LogP contribution is 2.52. The summed E-state index contributed by atoms with van der Waals surface area (Å²) in [6, 6.07) is 18.9. The van der Waals surface area contributed by atoms with Gasteiger partial charge in [-0.2, -0.15) is 5.26 Å². The first-order valence-electron chi connectivity index (χ1n) is 12.4. The molecule has 0 unspecified atom stereocenters. The highest BCUT2D eigenvalue weighted by atomic mass is 16.4. The van der Waals surface area contributed by atoms with Crippen LogP contribution < -0.4 is 5.11 Å². The molecule has 3 heteroatoms. The van der Waals surface area contributed by atoms with Crippen molar-refractivity contribution in [2.75, 3.05) is 0 Å². The van der Waals surface area contributed by atoms with E-state index < -0.39 is 5.97 Å². The third-order valence-electron chi connectivity index (χ3n) is 8.34. The summed E-state index contributed by atoms with van der Waals surface area (Å²) in [5.74, 6) is 0.338. The number of hydrogen-bond acceptors (Lipinski definition) is 3. The van der Waals surface area contributed by atoms with Crippen LogP contribution in [0.4, 0.5) is 0 Å². The second kappa shape index (κ2) is 9.90. The van der Waals surface area contributed by atoms with Gasteiger partial charge in [0.05, 0.1) is 11.6 Å². The van der Waals surface area contributed by atoms with E-state index in [1.165, 1.54) is 44.1 Å². The Morgan fingerprint density at radius 3 is 2.00 bits per heavy atom. The number of carbonyl (C=O) groups excluding carboxylic acids is 1.